The molecule has 94 heavy (non-hydrogen) atoms. The molecule has 0 radical (unpaired) electrons. The van der Waals surface area contributed by atoms with Gasteiger partial charge in [0.05, 0.1) is 22.1 Å². The number of benzene rings is 14. The molecule has 0 N–H and O–H groups in total. The van der Waals surface area contributed by atoms with E-state index in [9.17, 15) is 0 Å². The molecule has 0 fully saturated rings. The first-order chi connectivity index (χ1) is 46.4. The highest BCUT2D eigenvalue weighted by atomic mass is 15.1. The lowest BCUT2D eigenvalue weighted by Gasteiger charge is -2.26. The lowest BCUT2D eigenvalue weighted by molar-refractivity contribution is 1.18. The number of hydrogen-bond donors (Lipinski definition) is 0. The maximum Gasteiger partial charge on any atom is 0.0544 e. The van der Waals surface area contributed by atoms with E-state index in [2.05, 4.69) is 324 Å². The molecule has 0 saturated heterocycles. The van der Waals surface area contributed by atoms with Crippen LogP contribution in [-0.2, 0) is 25.7 Å². The van der Waals surface area contributed by atoms with Crippen molar-refractivity contribution >= 4 is 77.7 Å². The molecule has 2 heterocycles. The first-order valence-electron chi connectivity index (χ1n) is 33.1. The highest BCUT2D eigenvalue weighted by molar-refractivity contribution is 6.17. The number of para-hydroxylation sites is 2. The maximum atomic E-state index is 2.48. The number of nitrogens with zero attached hydrogens (tertiary/aromatic N) is 4. The van der Waals surface area contributed by atoms with Crippen LogP contribution < -0.4 is 9.80 Å². The van der Waals surface area contributed by atoms with Gasteiger partial charge >= 0.3 is 0 Å². The predicted molar refractivity (Wildman–Crippen MR) is 392 cm³/mol. The molecule has 4 aliphatic rings. The van der Waals surface area contributed by atoms with Gasteiger partial charge in [0, 0.05) is 67.0 Å². The van der Waals surface area contributed by atoms with E-state index in [0.29, 0.717) is 0 Å². The van der Waals surface area contributed by atoms with Crippen molar-refractivity contribution in [1.82, 2.24) is 9.13 Å². The van der Waals surface area contributed by atoms with E-state index in [1.807, 2.05) is 0 Å². The van der Waals surface area contributed by atoms with Gasteiger partial charge in [-0.1, -0.05) is 181 Å². The van der Waals surface area contributed by atoms with Crippen molar-refractivity contribution in [3.8, 4) is 67.0 Å². The second kappa shape index (κ2) is 20.4. The Labute approximate surface area is 546 Å². The molecule has 0 saturated carbocycles. The Hall–Kier alpha value is -11.7. The van der Waals surface area contributed by atoms with E-state index in [-0.39, 0.29) is 0 Å². The van der Waals surface area contributed by atoms with Crippen molar-refractivity contribution in [2.45, 2.75) is 39.5 Å². The van der Waals surface area contributed by atoms with Gasteiger partial charge in [-0.2, -0.15) is 0 Å². The molecule has 0 spiro atoms. The lowest BCUT2D eigenvalue weighted by Crippen LogP contribution is -2.10. The van der Waals surface area contributed by atoms with E-state index in [0.717, 1.165) is 82.3 Å². The topological polar surface area (TPSA) is 16.3 Å². The Morgan fingerprint density at radius 3 is 0.989 bits per heavy atom. The van der Waals surface area contributed by atoms with Crippen molar-refractivity contribution in [2.75, 3.05) is 9.80 Å². The number of aryl methyl sites for hydroxylation is 2. The molecule has 0 unspecified atom stereocenters. The molecular formula is C90H62N4. The number of fused-ring (bicyclic) bond motifs is 22. The van der Waals surface area contributed by atoms with Crippen molar-refractivity contribution in [2.24, 2.45) is 0 Å². The summed E-state index contributed by atoms with van der Waals surface area (Å²) in [7, 11) is 0. The van der Waals surface area contributed by atoms with Crippen molar-refractivity contribution in [3.63, 3.8) is 0 Å². The standard InChI is InChI=1S/C90H62N4/c1-55-21-33-67(34-22-55)91(71-41-45-81-79(53-71)89-77-51-63-27-25-61-49-59-13-9-11-19-73(59)85(61)87(63)75(77)43-47-83(89)93(81)65-15-5-3-6-16-65)69-37-29-57(30-38-69)58-31-39-70(40-32-58)92(68-35-23-56(2)24-36-68)72-42-46-82-80(54-72)90-78-52-64-28-26-62-50-60-14-10-12-20-74(60)86(62)88(64)76(78)44-48-84(90)94(82)66-17-7-4-8-18-66/h3-48,53-54H,49-52H2,1-2H3. The fourth-order valence-corrected chi connectivity index (χ4v) is 16.9. The Bertz CT molecular complexity index is 5470. The Morgan fingerprint density at radius 2 is 0.585 bits per heavy atom. The fourth-order valence-electron chi connectivity index (χ4n) is 16.9. The van der Waals surface area contributed by atoms with Gasteiger partial charge < -0.3 is 18.9 Å². The van der Waals surface area contributed by atoms with Gasteiger partial charge in [-0.3, -0.25) is 0 Å². The predicted octanol–water partition coefficient (Wildman–Crippen LogP) is 23.4. The zero-order valence-corrected chi connectivity index (χ0v) is 52.3. The zero-order chi connectivity index (χ0) is 61.9. The van der Waals surface area contributed by atoms with Crippen LogP contribution >= 0.6 is 0 Å². The monoisotopic (exact) mass is 1200 g/mol. The molecule has 0 aliphatic heterocycles. The molecule has 4 heteroatoms. The van der Waals surface area contributed by atoms with E-state index in [1.165, 1.54) is 144 Å². The smallest absolute Gasteiger partial charge is 0.0544 e. The first kappa shape index (κ1) is 53.0. The Morgan fingerprint density at radius 1 is 0.255 bits per heavy atom. The minimum atomic E-state index is 0.899. The molecule has 442 valence electrons. The van der Waals surface area contributed by atoms with Crippen LogP contribution in [0.5, 0.6) is 0 Å². The lowest BCUT2D eigenvalue weighted by atomic mass is 9.93. The zero-order valence-electron chi connectivity index (χ0n) is 52.3. The quantitative estimate of drug-likeness (QED) is 0.143. The van der Waals surface area contributed by atoms with Crippen molar-refractivity contribution < 1.29 is 0 Å². The van der Waals surface area contributed by atoms with Crippen LogP contribution in [0.25, 0.3) is 111 Å². The largest absolute Gasteiger partial charge is 0.310 e. The third-order valence-corrected chi connectivity index (χ3v) is 21.1. The van der Waals surface area contributed by atoms with Crippen LogP contribution in [0, 0.1) is 13.8 Å². The summed E-state index contributed by atoms with van der Waals surface area (Å²) in [5.41, 5.74) is 41.2. The normalized spacial score (nSPS) is 12.8. The summed E-state index contributed by atoms with van der Waals surface area (Å²) >= 11 is 0. The minimum absolute atomic E-state index is 0.899. The van der Waals surface area contributed by atoms with Crippen LogP contribution in [0.1, 0.15) is 55.6 Å². The second-order valence-electron chi connectivity index (χ2n) is 26.4. The first-order valence-corrected chi connectivity index (χ1v) is 33.1. The van der Waals surface area contributed by atoms with Gasteiger partial charge in [-0.15, -0.1) is 0 Å². The van der Waals surface area contributed by atoms with Crippen LogP contribution in [-0.4, -0.2) is 9.13 Å². The third-order valence-electron chi connectivity index (χ3n) is 21.1. The van der Waals surface area contributed by atoms with Crippen LogP contribution in [0.3, 0.4) is 0 Å². The molecule has 14 aromatic carbocycles. The molecular weight excluding hydrogens is 1140 g/mol. The average Bonchev–Trinajstić information content (AvgIpc) is 1.55. The molecule has 4 nitrogen and oxygen atoms in total. The average molecular weight is 1200 g/mol. The SMILES string of the molecule is Cc1ccc(N(c2ccc(-c3ccc(N(c4ccc(C)cc4)c4ccc5c(c4)c4c6c(ccc4n5-c4ccccc4)-c4c(ccc5c4-c4ccccc4C5)C6)cc3)cc2)c2ccc3c(c2)c2c4c(ccc2n3-c2ccccc2)-c2c(ccc3c2-c2ccccc2C3)C4)cc1. The summed E-state index contributed by atoms with van der Waals surface area (Å²) in [5, 5.41) is 5.18. The summed E-state index contributed by atoms with van der Waals surface area (Å²) in [6.07, 6.45) is 3.77. The number of aromatic nitrogens is 2. The summed E-state index contributed by atoms with van der Waals surface area (Å²) in [4.78, 5) is 4.87. The van der Waals surface area contributed by atoms with Gasteiger partial charge in [0.2, 0.25) is 0 Å². The van der Waals surface area contributed by atoms with E-state index in [4.69, 9.17) is 0 Å². The summed E-state index contributed by atoms with van der Waals surface area (Å²) in [6.45, 7) is 4.34. The number of anilines is 6. The third kappa shape index (κ3) is 7.93. The van der Waals surface area contributed by atoms with Crippen LogP contribution in [0.2, 0.25) is 0 Å². The molecule has 0 bridgehead atoms. The fraction of sp³-hybridized carbons (Fsp3) is 0.0667. The number of rotatable bonds is 9. The molecule has 20 rings (SSSR count). The Kier molecular flexibility index (Phi) is 11.5. The van der Waals surface area contributed by atoms with Crippen molar-refractivity contribution in [3.05, 3.63) is 347 Å². The minimum Gasteiger partial charge on any atom is -0.310 e. The maximum absolute atomic E-state index is 2.48. The number of hydrogen-bond acceptors (Lipinski definition) is 2. The Balaban J connectivity index is 0.686. The molecule has 4 aliphatic carbocycles. The summed E-state index contributed by atoms with van der Waals surface area (Å²) < 4.78 is 4.96. The van der Waals surface area contributed by atoms with Crippen LogP contribution in [0.4, 0.5) is 34.1 Å². The van der Waals surface area contributed by atoms with Gasteiger partial charge in [0.1, 0.15) is 0 Å². The van der Waals surface area contributed by atoms with Gasteiger partial charge in [0.15, 0.2) is 0 Å². The molecule has 16 aromatic rings. The summed E-state index contributed by atoms with van der Waals surface area (Å²) in [5.74, 6) is 0. The highest BCUT2D eigenvalue weighted by Crippen LogP contribution is 2.55. The van der Waals surface area contributed by atoms with E-state index >= 15 is 0 Å². The van der Waals surface area contributed by atoms with Crippen LogP contribution in [0.15, 0.2) is 291 Å². The van der Waals surface area contributed by atoms with Gasteiger partial charge in [-0.05, 0) is 261 Å². The van der Waals surface area contributed by atoms with E-state index < -0.39 is 0 Å². The molecule has 0 atom stereocenters. The highest BCUT2D eigenvalue weighted by Gasteiger charge is 2.34. The second-order valence-corrected chi connectivity index (χ2v) is 26.4. The van der Waals surface area contributed by atoms with Gasteiger partial charge in [-0.25, -0.2) is 0 Å². The molecule has 2 aromatic heterocycles. The van der Waals surface area contributed by atoms with Crippen molar-refractivity contribution in [1.29, 1.82) is 0 Å². The van der Waals surface area contributed by atoms with Gasteiger partial charge in [0.25, 0.3) is 0 Å². The molecule has 0 amide bonds. The summed E-state index contributed by atoms with van der Waals surface area (Å²) in [6, 6.07) is 110. The van der Waals surface area contributed by atoms with E-state index in [1.54, 1.807) is 0 Å².